The number of ether oxygens (including phenoxy) is 2. The molecule has 6 nitrogen and oxygen atoms in total. The van der Waals surface area contributed by atoms with E-state index < -0.39 is 6.10 Å². The van der Waals surface area contributed by atoms with Crippen LogP contribution in [0.15, 0.2) is 65.7 Å². The molecule has 0 fully saturated rings. The number of aliphatic hydroxyl groups excluding tert-OH is 1. The van der Waals surface area contributed by atoms with E-state index in [1.165, 1.54) is 0 Å². The number of hydrogen-bond donors (Lipinski definition) is 3. The number of benzene rings is 2. The van der Waals surface area contributed by atoms with Crippen LogP contribution in [-0.4, -0.2) is 50.0 Å². The van der Waals surface area contributed by atoms with Gasteiger partial charge in [-0.1, -0.05) is 48.5 Å². The molecule has 152 valence electrons. The summed E-state index contributed by atoms with van der Waals surface area (Å²) < 4.78 is 11.2. The van der Waals surface area contributed by atoms with Gasteiger partial charge in [-0.05, 0) is 31.0 Å². The van der Waals surface area contributed by atoms with Gasteiger partial charge in [0.25, 0.3) is 0 Å². The van der Waals surface area contributed by atoms with Crippen molar-refractivity contribution >= 4 is 5.96 Å². The average Bonchev–Trinajstić information content (AvgIpc) is 2.73. The fraction of sp³-hybridized carbons (Fsp3) is 0.409. The van der Waals surface area contributed by atoms with E-state index in [2.05, 4.69) is 15.6 Å². The zero-order valence-corrected chi connectivity index (χ0v) is 16.5. The van der Waals surface area contributed by atoms with Crippen molar-refractivity contribution in [3.8, 4) is 5.75 Å². The first-order valence-electron chi connectivity index (χ1n) is 9.77. The van der Waals surface area contributed by atoms with E-state index in [-0.39, 0.29) is 13.2 Å². The van der Waals surface area contributed by atoms with Crippen LogP contribution in [0.3, 0.4) is 0 Å². The molecule has 2 rings (SSSR count). The van der Waals surface area contributed by atoms with Gasteiger partial charge in [-0.3, -0.25) is 4.99 Å². The molecule has 0 saturated carbocycles. The van der Waals surface area contributed by atoms with Gasteiger partial charge in [0.05, 0.1) is 32.5 Å². The van der Waals surface area contributed by atoms with Crippen LogP contribution in [0.2, 0.25) is 0 Å². The van der Waals surface area contributed by atoms with Crippen LogP contribution in [0.1, 0.15) is 18.9 Å². The Morgan fingerprint density at radius 1 is 1.04 bits per heavy atom. The summed E-state index contributed by atoms with van der Waals surface area (Å²) in [5, 5.41) is 16.5. The van der Waals surface area contributed by atoms with E-state index in [4.69, 9.17) is 9.47 Å². The van der Waals surface area contributed by atoms with Gasteiger partial charge < -0.3 is 25.2 Å². The van der Waals surface area contributed by atoms with Gasteiger partial charge in [-0.25, -0.2) is 0 Å². The zero-order valence-electron chi connectivity index (χ0n) is 16.5. The zero-order chi connectivity index (χ0) is 19.9. The van der Waals surface area contributed by atoms with Gasteiger partial charge in [0.15, 0.2) is 5.96 Å². The standard InChI is InChI=1S/C22H31N3O3/c1-2-23-22(24-14-9-15-28-21-12-7-4-8-13-21)25-16-20(26)18-27-17-19-10-5-3-6-11-19/h3-8,10-13,20,26H,2,9,14-18H2,1H3,(H2,23,24,25). The predicted molar refractivity (Wildman–Crippen MR) is 113 cm³/mol. The SMILES string of the molecule is CCNC(=NCC(O)COCc1ccccc1)NCCCOc1ccccc1. The number of aliphatic hydroxyl groups is 1. The van der Waals surface area contributed by atoms with Crippen LogP contribution in [0.4, 0.5) is 0 Å². The third kappa shape index (κ3) is 9.39. The summed E-state index contributed by atoms with van der Waals surface area (Å²) in [5.74, 6) is 1.56. The lowest BCUT2D eigenvalue weighted by molar-refractivity contribution is 0.0331. The number of para-hydroxylation sites is 1. The Morgan fingerprint density at radius 2 is 1.75 bits per heavy atom. The molecule has 6 heteroatoms. The normalized spacial score (nSPS) is 12.4. The predicted octanol–water partition coefficient (Wildman–Crippen LogP) is 2.59. The smallest absolute Gasteiger partial charge is 0.191 e. The van der Waals surface area contributed by atoms with Crippen molar-refractivity contribution in [2.45, 2.75) is 26.1 Å². The maximum atomic E-state index is 10.1. The molecule has 2 aromatic rings. The lowest BCUT2D eigenvalue weighted by Gasteiger charge is -2.13. The average molecular weight is 386 g/mol. The molecule has 1 unspecified atom stereocenters. The second kappa shape index (κ2) is 13.6. The first-order chi connectivity index (χ1) is 13.8. The Kier molecular flexibility index (Phi) is 10.5. The molecule has 2 aromatic carbocycles. The van der Waals surface area contributed by atoms with Crippen molar-refractivity contribution < 1.29 is 14.6 Å². The molecule has 0 heterocycles. The first-order valence-corrected chi connectivity index (χ1v) is 9.77. The van der Waals surface area contributed by atoms with Crippen LogP contribution in [-0.2, 0) is 11.3 Å². The minimum absolute atomic E-state index is 0.253. The molecular formula is C22H31N3O3. The number of nitrogens with one attached hydrogen (secondary N) is 2. The first kappa shape index (κ1) is 21.7. The molecule has 0 spiro atoms. The van der Waals surface area contributed by atoms with E-state index >= 15 is 0 Å². The Hall–Kier alpha value is -2.57. The van der Waals surface area contributed by atoms with E-state index in [0.29, 0.717) is 19.2 Å². The topological polar surface area (TPSA) is 75.1 Å². The highest BCUT2D eigenvalue weighted by atomic mass is 16.5. The van der Waals surface area contributed by atoms with Crippen molar-refractivity contribution in [2.24, 2.45) is 4.99 Å². The van der Waals surface area contributed by atoms with E-state index in [9.17, 15) is 5.11 Å². The van der Waals surface area contributed by atoms with E-state index in [0.717, 1.165) is 30.8 Å². The highest BCUT2D eigenvalue weighted by Crippen LogP contribution is 2.08. The van der Waals surface area contributed by atoms with Crippen LogP contribution < -0.4 is 15.4 Å². The van der Waals surface area contributed by atoms with E-state index in [1.54, 1.807) is 0 Å². The summed E-state index contributed by atoms with van der Waals surface area (Å²) >= 11 is 0. The lowest BCUT2D eigenvalue weighted by Crippen LogP contribution is -2.39. The summed E-state index contributed by atoms with van der Waals surface area (Å²) in [4.78, 5) is 4.42. The fourth-order valence-electron chi connectivity index (χ4n) is 2.46. The molecule has 0 saturated heterocycles. The summed E-state index contributed by atoms with van der Waals surface area (Å²) in [5.41, 5.74) is 1.09. The van der Waals surface area contributed by atoms with Crippen molar-refractivity contribution in [3.63, 3.8) is 0 Å². The quantitative estimate of drug-likeness (QED) is 0.297. The summed E-state index contributed by atoms with van der Waals surface area (Å²) in [6.45, 7) is 5.16. The molecule has 0 radical (unpaired) electrons. The van der Waals surface area contributed by atoms with Crippen LogP contribution in [0.5, 0.6) is 5.75 Å². The molecule has 0 aliphatic heterocycles. The molecule has 28 heavy (non-hydrogen) atoms. The summed E-state index contributed by atoms with van der Waals surface area (Å²) in [7, 11) is 0. The number of hydrogen-bond acceptors (Lipinski definition) is 4. The molecular weight excluding hydrogens is 354 g/mol. The summed E-state index contributed by atoms with van der Waals surface area (Å²) in [6, 6.07) is 19.7. The lowest BCUT2D eigenvalue weighted by atomic mass is 10.2. The van der Waals surface area contributed by atoms with Gasteiger partial charge in [-0.2, -0.15) is 0 Å². The third-order valence-electron chi connectivity index (χ3n) is 3.85. The van der Waals surface area contributed by atoms with Crippen molar-refractivity contribution in [2.75, 3.05) is 32.8 Å². The molecule has 0 aliphatic carbocycles. The van der Waals surface area contributed by atoms with E-state index in [1.807, 2.05) is 67.6 Å². The maximum Gasteiger partial charge on any atom is 0.191 e. The maximum absolute atomic E-state index is 10.1. The minimum atomic E-state index is -0.638. The largest absolute Gasteiger partial charge is 0.494 e. The minimum Gasteiger partial charge on any atom is -0.494 e. The molecule has 3 N–H and O–H groups in total. The second-order valence-electron chi connectivity index (χ2n) is 6.32. The number of guanidine groups is 1. The Labute approximate surface area is 167 Å². The number of rotatable bonds is 12. The fourth-order valence-corrected chi connectivity index (χ4v) is 2.46. The molecule has 1 atom stereocenters. The highest BCUT2D eigenvalue weighted by molar-refractivity contribution is 5.79. The molecule has 0 bridgehead atoms. The monoisotopic (exact) mass is 385 g/mol. The molecule has 0 amide bonds. The molecule has 0 aliphatic rings. The Balaban J connectivity index is 1.61. The van der Waals surface area contributed by atoms with Crippen LogP contribution in [0, 0.1) is 0 Å². The highest BCUT2D eigenvalue weighted by Gasteiger charge is 2.05. The Bertz CT molecular complexity index is 665. The Morgan fingerprint density at radius 3 is 2.46 bits per heavy atom. The van der Waals surface area contributed by atoms with Gasteiger partial charge >= 0.3 is 0 Å². The van der Waals surface area contributed by atoms with Gasteiger partial charge in [-0.15, -0.1) is 0 Å². The summed E-state index contributed by atoms with van der Waals surface area (Å²) in [6.07, 6.45) is 0.211. The third-order valence-corrected chi connectivity index (χ3v) is 3.85. The van der Waals surface area contributed by atoms with Crippen molar-refractivity contribution in [1.29, 1.82) is 0 Å². The van der Waals surface area contributed by atoms with Gasteiger partial charge in [0.2, 0.25) is 0 Å². The van der Waals surface area contributed by atoms with Crippen LogP contribution in [0.25, 0.3) is 0 Å². The second-order valence-corrected chi connectivity index (χ2v) is 6.32. The van der Waals surface area contributed by atoms with Crippen molar-refractivity contribution in [3.05, 3.63) is 66.2 Å². The van der Waals surface area contributed by atoms with Crippen molar-refractivity contribution in [1.82, 2.24) is 10.6 Å². The van der Waals surface area contributed by atoms with Crippen LogP contribution >= 0.6 is 0 Å². The number of nitrogens with zero attached hydrogens (tertiary/aromatic N) is 1. The van der Waals surface area contributed by atoms with Gasteiger partial charge in [0.1, 0.15) is 5.75 Å². The number of aliphatic imine (C=N–C) groups is 1. The molecule has 0 aromatic heterocycles. The van der Waals surface area contributed by atoms with Gasteiger partial charge in [0, 0.05) is 13.1 Å².